The van der Waals surface area contributed by atoms with Crippen molar-refractivity contribution in [1.29, 1.82) is 5.26 Å². The molecule has 3 aliphatic heterocycles. The van der Waals surface area contributed by atoms with Gasteiger partial charge in [0.25, 0.3) is 5.91 Å². The number of nitriles is 1. The first kappa shape index (κ1) is 80.3. The van der Waals surface area contributed by atoms with E-state index >= 15 is 0 Å². The zero-order chi connectivity index (χ0) is 72.2. The Morgan fingerprint density at radius 3 is 1.48 bits per heavy atom. The Morgan fingerprint density at radius 1 is 0.590 bits per heavy atom. The topological polar surface area (TPSA) is 233 Å². The number of hydrogen-bond donors (Lipinski definition) is 2. The number of nitrogens with zero attached hydrogens (tertiary/aromatic N) is 12. The number of halogens is 2. The number of rotatable bonds is 17. The number of para-hydroxylation sites is 2. The van der Waals surface area contributed by atoms with Gasteiger partial charge in [0.2, 0.25) is 0 Å². The molecular weight excluding hydrogens is 1360 g/mol. The minimum absolute atomic E-state index is 0. The molecule has 0 unspecified atom stereocenters. The number of aromatic nitrogens is 4. The third-order valence-electron chi connectivity index (χ3n) is 18.9. The van der Waals surface area contributed by atoms with Crippen LogP contribution in [0.2, 0.25) is 10.0 Å². The molecule has 0 spiro atoms. The highest BCUT2D eigenvalue weighted by atomic mass is 35.5. The zero-order valence-corrected chi connectivity index (χ0v) is 59.8. The van der Waals surface area contributed by atoms with Crippen LogP contribution in [0.15, 0.2) is 163 Å². The molecule has 105 heavy (non-hydrogen) atoms. The second kappa shape index (κ2) is 36.3. The Kier molecular flexibility index (Phi) is 27.8. The van der Waals surface area contributed by atoms with E-state index in [4.69, 9.17) is 45.3 Å². The Hall–Kier alpha value is -10.4. The van der Waals surface area contributed by atoms with Crippen molar-refractivity contribution in [1.82, 2.24) is 44.0 Å². The lowest BCUT2D eigenvalue weighted by atomic mass is 10.0. The van der Waals surface area contributed by atoms with Gasteiger partial charge in [-0.05, 0) is 195 Å². The lowest BCUT2D eigenvalue weighted by Gasteiger charge is -2.32. The summed E-state index contributed by atoms with van der Waals surface area (Å²) >= 11 is 12.2. The summed E-state index contributed by atoms with van der Waals surface area (Å²) in [5.74, 6) is 0.128. The first-order chi connectivity index (χ1) is 49.2. The molecule has 2 amide bonds. The Labute approximate surface area is 625 Å². The van der Waals surface area contributed by atoms with Gasteiger partial charge >= 0.3 is 6.09 Å². The standard InChI is InChI=1S/C29H27ClN6O2.C27H32ClN3O3.C24H23N5O.3CH4/c1-19-28(25-4-2-3-5-26(25)36(19)24-12-8-21(30)9-13-24)27(37)18-35-16-14-22(15-17-35)32-29(38)20-6-10-23(11-7-20)33-34-31;1-18-25(22-7-5-6-8-23(22)31(18)21-11-9-19(28)10-12-21)24(32)17-30-15-13-20(14-16-30)29-26(33)34-27(2,3)4;1-17-23(22(30)16-28-12-4-3-5-13-28)24-21(14-18(10-11-25)15-27-24)29(17)20-8-6-19(26-2)7-9-20;;;/h2-13,22H,14-18H2,1H3,(H,32,38);5-12,20H,13-17H2,1-4H3,(H,29,33);6-9,14-15H,3-5,10,12-13,16H2,1H3;3*1H4. The molecule has 3 saturated heterocycles. The maximum absolute atomic E-state index is 13.6. The Balaban J connectivity index is 0.000000198. The van der Waals surface area contributed by atoms with Gasteiger partial charge in [-0.25, -0.2) is 9.64 Å². The predicted molar refractivity (Wildman–Crippen MR) is 422 cm³/mol. The van der Waals surface area contributed by atoms with Gasteiger partial charge in [-0.1, -0.05) is 118 Å². The van der Waals surface area contributed by atoms with E-state index in [-0.39, 0.29) is 70.1 Å². The van der Waals surface area contributed by atoms with Gasteiger partial charge < -0.3 is 29.1 Å². The predicted octanol–water partition coefficient (Wildman–Crippen LogP) is 18.9. The number of azide groups is 1. The molecule has 3 fully saturated rings. The van der Waals surface area contributed by atoms with E-state index < -0.39 is 5.60 Å². The SMILES string of the molecule is C.C.C.Cc1c(C(=O)CN2CCC(NC(=O)OC(C)(C)C)CC2)c2ccccc2n1-c1ccc(Cl)cc1.Cc1c(C(=O)CN2CCC(NC(=O)c3ccc(N=[N+]=[N-])cc3)CC2)c2ccccc2n1-c1ccc(Cl)cc1.[C-]#[N+]c1ccc(-n2c(C)c(C(=O)CN3CCCCC3)c3ncc(CC#N)cc32)cc1. The molecule has 4 aromatic heterocycles. The molecule has 7 heterocycles. The average Bonchev–Trinajstić information content (AvgIpc) is 1.62. The molecule has 0 aliphatic carbocycles. The van der Waals surface area contributed by atoms with Crippen molar-refractivity contribution in [2.24, 2.45) is 5.11 Å². The highest BCUT2D eigenvalue weighted by Crippen LogP contribution is 2.35. The first-order valence-electron chi connectivity index (χ1n) is 34.5. The van der Waals surface area contributed by atoms with Crippen LogP contribution in [0.4, 0.5) is 16.2 Å². The first-order valence-corrected chi connectivity index (χ1v) is 35.2. The summed E-state index contributed by atoms with van der Waals surface area (Å²) in [7, 11) is 0. The minimum Gasteiger partial charge on any atom is -0.444 e. The Morgan fingerprint density at radius 2 is 1.02 bits per heavy atom. The quantitative estimate of drug-likeness (QED) is 0.0286. The van der Waals surface area contributed by atoms with Crippen molar-refractivity contribution in [2.45, 2.75) is 133 Å². The van der Waals surface area contributed by atoms with Crippen molar-refractivity contribution in [3.05, 3.63) is 235 Å². The number of amides is 2. The van der Waals surface area contributed by atoms with Crippen molar-refractivity contribution in [2.75, 3.05) is 58.9 Å². The van der Waals surface area contributed by atoms with Crippen molar-refractivity contribution >= 4 is 96.8 Å². The third kappa shape index (κ3) is 19.3. The molecule has 0 radical (unpaired) electrons. The van der Waals surface area contributed by atoms with Gasteiger partial charge in [0.1, 0.15) is 5.60 Å². The highest BCUT2D eigenvalue weighted by molar-refractivity contribution is 6.31. The molecule has 20 nitrogen and oxygen atoms in total. The van der Waals surface area contributed by atoms with Gasteiger partial charge in [-0.15, -0.1) is 0 Å². The molecule has 2 N–H and O–H groups in total. The van der Waals surface area contributed by atoms with E-state index in [1.54, 1.807) is 42.6 Å². The average molecular weight is 1450 g/mol. The molecule has 546 valence electrons. The normalized spacial score (nSPS) is 14.3. The smallest absolute Gasteiger partial charge is 0.407 e. The number of carbonyl (C=O) groups is 5. The molecule has 0 saturated carbocycles. The fourth-order valence-corrected chi connectivity index (χ4v) is 14.3. The van der Waals surface area contributed by atoms with Crippen LogP contribution in [-0.2, 0) is 11.2 Å². The minimum atomic E-state index is -0.514. The van der Waals surface area contributed by atoms with E-state index in [2.05, 4.69) is 60.4 Å². The molecule has 0 atom stereocenters. The second-order valence-corrected chi connectivity index (χ2v) is 28.0. The van der Waals surface area contributed by atoms with Gasteiger partial charge in [0, 0.05) is 127 Å². The number of pyridine rings is 1. The number of carbonyl (C=O) groups excluding carboxylic acids is 5. The fraction of sp³-hybridized carbons (Fsp3) is 0.349. The summed E-state index contributed by atoms with van der Waals surface area (Å²) in [6, 6.07) is 49.4. The highest BCUT2D eigenvalue weighted by Gasteiger charge is 2.30. The van der Waals surface area contributed by atoms with Crippen molar-refractivity contribution < 1.29 is 28.7 Å². The molecule has 13 rings (SSSR count). The molecule has 3 aliphatic rings. The molecule has 0 bridgehead atoms. The summed E-state index contributed by atoms with van der Waals surface area (Å²) < 4.78 is 11.6. The summed E-state index contributed by atoms with van der Waals surface area (Å²) in [4.78, 5) is 82.5. The number of ether oxygens (including phenoxy) is 1. The number of hydrogen-bond acceptors (Lipinski definition) is 12. The Bertz CT molecular complexity index is 4860. The summed E-state index contributed by atoms with van der Waals surface area (Å²) in [5, 5.41) is 21.9. The van der Waals surface area contributed by atoms with E-state index in [0.29, 0.717) is 57.7 Å². The summed E-state index contributed by atoms with van der Waals surface area (Å²) in [5.41, 5.74) is 21.5. The molecule has 10 aromatic rings. The van der Waals surface area contributed by atoms with Crippen LogP contribution < -0.4 is 10.6 Å². The molecule has 6 aromatic carbocycles. The van der Waals surface area contributed by atoms with E-state index in [0.717, 1.165) is 156 Å². The maximum atomic E-state index is 13.6. The monoisotopic (exact) mass is 1450 g/mol. The number of piperidine rings is 3. The third-order valence-corrected chi connectivity index (χ3v) is 19.4. The van der Waals surface area contributed by atoms with E-state index in [9.17, 15) is 24.0 Å². The lowest BCUT2D eigenvalue weighted by Crippen LogP contribution is -2.47. The van der Waals surface area contributed by atoms with Crippen LogP contribution in [0.25, 0.3) is 65.2 Å². The van der Waals surface area contributed by atoms with Gasteiger partial charge in [-0.2, -0.15) is 5.26 Å². The van der Waals surface area contributed by atoms with Crippen LogP contribution in [-0.4, -0.2) is 139 Å². The van der Waals surface area contributed by atoms with Crippen LogP contribution in [0.3, 0.4) is 0 Å². The number of benzene rings is 6. The van der Waals surface area contributed by atoms with E-state index in [1.807, 2.05) is 161 Å². The second-order valence-electron chi connectivity index (χ2n) is 27.1. The fourth-order valence-electron chi connectivity index (χ4n) is 14.0. The maximum Gasteiger partial charge on any atom is 0.407 e. The number of nitrogens with one attached hydrogen (secondary N) is 2. The van der Waals surface area contributed by atoms with Crippen molar-refractivity contribution in [3.8, 4) is 23.1 Å². The van der Waals surface area contributed by atoms with Gasteiger partial charge in [-0.3, -0.25) is 38.9 Å². The van der Waals surface area contributed by atoms with Crippen molar-refractivity contribution in [3.63, 3.8) is 0 Å². The van der Waals surface area contributed by atoms with Gasteiger partial charge in [0.15, 0.2) is 23.0 Å². The van der Waals surface area contributed by atoms with Crippen LogP contribution >= 0.6 is 23.2 Å². The number of fused-ring (bicyclic) bond motifs is 3. The summed E-state index contributed by atoms with van der Waals surface area (Å²) in [6.07, 6.45) is 8.18. The number of ketones is 3. The number of alkyl carbamates (subject to hydrolysis) is 1. The van der Waals surface area contributed by atoms with Crippen LogP contribution in [0, 0.1) is 38.7 Å². The summed E-state index contributed by atoms with van der Waals surface area (Å²) in [6.45, 7) is 24.6. The number of Topliss-reactive ketones (excluding diaryl/α,β-unsaturated/α-hetero) is 3. The lowest BCUT2D eigenvalue weighted by molar-refractivity contribution is 0.0475. The van der Waals surface area contributed by atoms with Crippen LogP contribution in [0.5, 0.6) is 0 Å². The van der Waals surface area contributed by atoms with E-state index in [1.165, 1.54) is 6.42 Å². The molecular formula is C83H94Cl2N14O6. The number of likely N-dealkylation sites (tertiary alicyclic amines) is 3. The largest absolute Gasteiger partial charge is 0.444 e. The van der Waals surface area contributed by atoms with Crippen LogP contribution in [0.1, 0.15) is 152 Å². The zero-order valence-electron chi connectivity index (χ0n) is 58.3. The molecule has 22 heteroatoms. The van der Waals surface area contributed by atoms with Gasteiger partial charge in [0.05, 0.1) is 66.3 Å².